The number of piperidine rings is 1. The van der Waals surface area contributed by atoms with E-state index < -0.39 is 0 Å². The van der Waals surface area contributed by atoms with Crippen LogP contribution in [0.25, 0.3) is 0 Å². The number of pyridine rings is 1. The molecule has 5 heteroatoms. The van der Waals surface area contributed by atoms with Crippen molar-refractivity contribution in [2.75, 3.05) is 33.3 Å². The Morgan fingerprint density at radius 3 is 2.67 bits per heavy atom. The first kappa shape index (κ1) is 17.2. The van der Waals surface area contributed by atoms with Gasteiger partial charge in [0.05, 0.1) is 7.11 Å². The van der Waals surface area contributed by atoms with Gasteiger partial charge in [0.1, 0.15) is 0 Å². The van der Waals surface area contributed by atoms with Crippen LogP contribution in [0.4, 0.5) is 0 Å². The van der Waals surface area contributed by atoms with Crippen LogP contribution in [0.5, 0.6) is 5.88 Å². The number of methoxy groups -OCH3 is 1. The van der Waals surface area contributed by atoms with Crippen molar-refractivity contribution in [3.05, 3.63) is 23.9 Å². The van der Waals surface area contributed by atoms with Crippen LogP contribution in [0.2, 0.25) is 0 Å². The predicted octanol–water partition coefficient (Wildman–Crippen LogP) is 2.53. The van der Waals surface area contributed by atoms with E-state index in [2.05, 4.69) is 34.7 Å². The summed E-state index contributed by atoms with van der Waals surface area (Å²) >= 11 is 0. The molecule has 0 spiro atoms. The number of carbonyl (C=O) groups excluding carboxylic acids is 1. The molecule has 2 aliphatic heterocycles. The number of rotatable bonds is 4. The van der Waals surface area contributed by atoms with Crippen molar-refractivity contribution >= 4 is 5.91 Å². The zero-order valence-electron chi connectivity index (χ0n) is 15.1. The van der Waals surface area contributed by atoms with Crippen LogP contribution in [0.1, 0.15) is 44.6 Å². The minimum absolute atomic E-state index is 0.203. The van der Waals surface area contributed by atoms with Gasteiger partial charge in [0.2, 0.25) is 11.8 Å². The predicted molar refractivity (Wildman–Crippen MR) is 94.2 cm³/mol. The molecule has 2 aliphatic rings. The molecule has 2 fully saturated rings. The summed E-state index contributed by atoms with van der Waals surface area (Å²) in [5, 5.41) is 0. The molecule has 0 aliphatic carbocycles. The molecule has 0 saturated carbocycles. The van der Waals surface area contributed by atoms with E-state index in [0.29, 0.717) is 23.7 Å². The smallest absolute Gasteiger partial charge is 0.225 e. The molecule has 2 saturated heterocycles. The molecule has 3 rings (SSSR count). The highest BCUT2D eigenvalue weighted by Gasteiger charge is 2.34. The maximum absolute atomic E-state index is 12.9. The zero-order chi connectivity index (χ0) is 17.1. The molecule has 0 bridgehead atoms. The minimum atomic E-state index is 0.203. The van der Waals surface area contributed by atoms with E-state index in [1.54, 1.807) is 13.3 Å². The molecule has 1 unspecified atom stereocenters. The molecular weight excluding hydrogens is 302 g/mol. The van der Waals surface area contributed by atoms with E-state index >= 15 is 0 Å². The minimum Gasteiger partial charge on any atom is -0.481 e. The Morgan fingerprint density at radius 1 is 1.25 bits per heavy atom. The molecule has 24 heavy (non-hydrogen) atoms. The Bertz CT molecular complexity index is 567. The molecule has 132 valence electrons. The van der Waals surface area contributed by atoms with Gasteiger partial charge in [-0.15, -0.1) is 0 Å². The molecular formula is C19H29N3O2. The van der Waals surface area contributed by atoms with E-state index in [4.69, 9.17) is 4.74 Å². The fraction of sp³-hybridized carbons (Fsp3) is 0.684. The summed E-state index contributed by atoms with van der Waals surface area (Å²) in [6.07, 6.45) is 4.74. The van der Waals surface area contributed by atoms with Crippen LogP contribution in [0, 0.1) is 5.92 Å². The molecule has 3 heterocycles. The van der Waals surface area contributed by atoms with Crippen LogP contribution in [0.3, 0.4) is 0 Å². The van der Waals surface area contributed by atoms with E-state index in [-0.39, 0.29) is 5.92 Å². The third kappa shape index (κ3) is 3.56. The van der Waals surface area contributed by atoms with Gasteiger partial charge in [-0.2, -0.15) is 0 Å². The topological polar surface area (TPSA) is 45.7 Å². The number of hydrogen-bond donors (Lipinski definition) is 0. The fourth-order valence-electron chi connectivity index (χ4n) is 4.02. The van der Waals surface area contributed by atoms with Gasteiger partial charge in [0.15, 0.2) is 0 Å². The average molecular weight is 331 g/mol. The van der Waals surface area contributed by atoms with Crippen LogP contribution < -0.4 is 4.74 Å². The summed E-state index contributed by atoms with van der Waals surface area (Å²) in [6, 6.07) is 4.60. The average Bonchev–Trinajstić information content (AvgIpc) is 3.11. The highest BCUT2D eigenvalue weighted by atomic mass is 16.5. The van der Waals surface area contributed by atoms with Crippen LogP contribution in [-0.2, 0) is 4.79 Å². The Balaban J connectivity index is 1.59. The van der Waals surface area contributed by atoms with Gasteiger partial charge in [-0.05, 0) is 52.3 Å². The molecule has 0 aromatic carbocycles. The largest absolute Gasteiger partial charge is 0.481 e. The van der Waals surface area contributed by atoms with Gasteiger partial charge in [0.25, 0.3) is 0 Å². The van der Waals surface area contributed by atoms with Gasteiger partial charge in [-0.25, -0.2) is 4.98 Å². The number of nitrogens with zero attached hydrogens (tertiary/aromatic N) is 3. The summed E-state index contributed by atoms with van der Waals surface area (Å²) in [5.41, 5.74) is 1.13. The maximum Gasteiger partial charge on any atom is 0.225 e. The first-order valence-corrected chi connectivity index (χ1v) is 9.12. The second kappa shape index (κ2) is 7.51. The van der Waals surface area contributed by atoms with E-state index in [0.717, 1.165) is 51.0 Å². The standard InChI is InChI=1S/C19H29N3O2/c1-14(2)21-10-6-15(7-11-21)19(23)22-12-8-16(13-22)17-5-4-9-20-18(17)24-3/h4-5,9,14-16H,6-8,10-13H2,1-3H3. The summed E-state index contributed by atoms with van der Waals surface area (Å²) in [6.45, 7) is 8.20. The highest BCUT2D eigenvalue weighted by Crippen LogP contribution is 2.33. The Hall–Kier alpha value is -1.62. The Kier molecular flexibility index (Phi) is 5.39. The maximum atomic E-state index is 12.9. The van der Waals surface area contributed by atoms with Gasteiger partial charge in [-0.1, -0.05) is 6.07 Å². The van der Waals surface area contributed by atoms with Crippen molar-refractivity contribution in [3.8, 4) is 5.88 Å². The number of ether oxygens (including phenoxy) is 1. The second-order valence-electron chi connectivity index (χ2n) is 7.28. The fourth-order valence-corrected chi connectivity index (χ4v) is 4.02. The summed E-state index contributed by atoms with van der Waals surface area (Å²) in [5.74, 6) is 1.59. The van der Waals surface area contributed by atoms with Crippen molar-refractivity contribution in [2.24, 2.45) is 5.92 Å². The Labute approximate surface area is 145 Å². The Morgan fingerprint density at radius 2 is 2.00 bits per heavy atom. The van der Waals surface area contributed by atoms with Gasteiger partial charge in [0, 0.05) is 42.7 Å². The number of hydrogen-bond acceptors (Lipinski definition) is 4. The zero-order valence-corrected chi connectivity index (χ0v) is 15.1. The van der Waals surface area contributed by atoms with Crippen molar-refractivity contribution in [1.29, 1.82) is 0 Å². The molecule has 0 N–H and O–H groups in total. The number of amides is 1. The van der Waals surface area contributed by atoms with Crippen LogP contribution in [0.15, 0.2) is 18.3 Å². The molecule has 1 aromatic rings. The second-order valence-corrected chi connectivity index (χ2v) is 7.28. The SMILES string of the molecule is COc1ncccc1C1CCN(C(=O)C2CCN(C(C)C)CC2)C1. The molecule has 1 amide bonds. The molecule has 0 radical (unpaired) electrons. The van der Waals surface area contributed by atoms with Gasteiger partial charge >= 0.3 is 0 Å². The summed E-state index contributed by atoms with van der Waals surface area (Å²) in [4.78, 5) is 21.7. The summed E-state index contributed by atoms with van der Waals surface area (Å²) in [7, 11) is 1.66. The lowest BCUT2D eigenvalue weighted by Crippen LogP contribution is -2.43. The normalized spacial score (nSPS) is 23.0. The lowest BCUT2D eigenvalue weighted by atomic mass is 9.94. The third-order valence-corrected chi connectivity index (χ3v) is 5.54. The van der Waals surface area contributed by atoms with E-state index in [1.807, 2.05) is 6.07 Å². The monoisotopic (exact) mass is 331 g/mol. The summed E-state index contributed by atoms with van der Waals surface area (Å²) < 4.78 is 5.38. The first-order valence-electron chi connectivity index (χ1n) is 9.12. The van der Waals surface area contributed by atoms with Crippen molar-refractivity contribution in [2.45, 2.75) is 45.1 Å². The van der Waals surface area contributed by atoms with Crippen LogP contribution in [-0.4, -0.2) is 60.0 Å². The third-order valence-electron chi connectivity index (χ3n) is 5.54. The van der Waals surface area contributed by atoms with Crippen molar-refractivity contribution < 1.29 is 9.53 Å². The lowest BCUT2D eigenvalue weighted by Gasteiger charge is -2.35. The van der Waals surface area contributed by atoms with E-state index in [9.17, 15) is 4.79 Å². The molecule has 1 atom stereocenters. The van der Waals surface area contributed by atoms with Crippen molar-refractivity contribution in [1.82, 2.24) is 14.8 Å². The number of likely N-dealkylation sites (tertiary alicyclic amines) is 2. The van der Waals surface area contributed by atoms with Crippen molar-refractivity contribution in [3.63, 3.8) is 0 Å². The highest BCUT2D eigenvalue weighted by molar-refractivity contribution is 5.79. The molecule has 5 nitrogen and oxygen atoms in total. The van der Waals surface area contributed by atoms with Gasteiger partial charge < -0.3 is 14.5 Å². The van der Waals surface area contributed by atoms with Crippen LogP contribution >= 0.6 is 0 Å². The van der Waals surface area contributed by atoms with E-state index in [1.165, 1.54) is 0 Å². The number of carbonyl (C=O) groups is 1. The quantitative estimate of drug-likeness (QED) is 0.850. The molecule has 1 aromatic heterocycles. The lowest BCUT2D eigenvalue weighted by molar-refractivity contribution is -0.136. The van der Waals surface area contributed by atoms with Gasteiger partial charge in [-0.3, -0.25) is 4.79 Å². The first-order chi connectivity index (χ1) is 11.6. The number of aromatic nitrogens is 1.